The van der Waals surface area contributed by atoms with E-state index in [9.17, 15) is 9.59 Å². The third-order valence-electron chi connectivity index (χ3n) is 0.533. The summed E-state index contributed by atoms with van der Waals surface area (Å²) >= 11 is 8.32. The molecule has 0 radical (unpaired) electrons. The Balaban J connectivity index is -0.000000245. The van der Waals surface area contributed by atoms with Gasteiger partial charge in [0.25, 0.3) is 0 Å². The summed E-state index contributed by atoms with van der Waals surface area (Å²) in [5.41, 5.74) is 0. The molecule has 0 rings (SSSR count). The quantitative estimate of drug-likeness (QED) is 0.331. The summed E-state index contributed by atoms with van der Waals surface area (Å²) in [6.07, 6.45) is 0.218. The number of carbonyl (C=O) groups excluding carboxylic acids is 2. The van der Waals surface area contributed by atoms with Gasteiger partial charge in [-0.2, -0.15) is 0 Å². The summed E-state index contributed by atoms with van der Waals surface area (Å²) < 4.78 is 0. The molecule has 0 aliphatic heterocycles. The van der Waals surface area contributed by atoms with Crippen LogP contribution in [-0.2, 0) is 34.8 Å². The fourth-order valence-corrected chi connectivity index (χ4v) is 0.408. The van der Waals surface area contributed by atoms with Crippen LogP contribution in [0, 0.1) is 0 Å². The molecule has 0 bridgehead atoms. The van der Waals surface area contributed by atoms with Crippen LogP contribution in [0.3, 0.4) is 0 Å². The second-order valence-electron chi connectivity index (χ2n) is 1.24. The maximum absolute atomic E-state index is 9.96. The van der Waals surface area contributed by atoms with Crippen LogP contribution in [0.5, 0.6) is 0 Å². The van der Waals surface area contributed by atoms with E-state index in [4.69, 9.17) is 0 Å². The van der Waals surface area contributed by atoms with Crippen molar-refractivity contribution in [1.82, 2.24) is 0 Å². The summed E-state index contributed by atoms with van der Waals surface area (Å²) in [7, 11) is 0. The van der Waals surface area contributed by atoms with Gasteiger partial charge in [0.2, 0.25) is 0 Å². The van der Waals surface area contributed by atoms with E-state index >= 15 is 0 Å². The molecule has 0 N–H and O–H groups in total. The summed E-state index contributed by atoms with van der Waals surface area (Å²) in [6.45, 7) is 0. The van der Waals surface area contributed by atoms with Crippen molar-refractivity contribution in [3.05, 3.63) is 0 Å². The number of hydrogen-bond donors (Lipinski definition) is 0. The van der Waals surface area contributed by atoms with Crippen LogP contribution in [-0.4, -0.2) is 10.2 Å². The normalized spacial score (nSPS) is 6.80. The van der Waals surface area contributed by atoms with Crippen LogP contribution in [0.1, 0.15) is 12.8 Å². The molecule has 46 valence electrons. The maximum Gasteiger partial charge on any atom is 1.00 e. The van der Waals surface area contributed by atoms with Gasteiger partial charge < -0.3 is 34.8 Å². The fraction of sp³-hybridized carbons (Fsp3) is 0.500. The molecule has 0 aromatic heterocycles. The van der Waals surface area contributed by atoms with E-state index in [1.807, 2.05) is 0 Å². The SMILES string of the molecule is O=C([S-])CCC(=O)[S-].[Na+].[Na+]. The van der Waals surface area contributed by atoms with Gasteiger partial charge in [0, 0.05) is 10.2 Å². The first kappa shape index (κ1) is 17.8. The number of carbonyl (C=O) groups is 2. The van der Waals surface area contributed by atoms with Crippen LogP contribution in [0.15, 0.2) is 0 Å². The van der Waals surface area contributed by atoms with E-state index < -0.39 is 10.2 Å². The molecule has 6 heteroatoms. The van der Waals surface area contributed by atoms with Gasteiger partial charge in [-0.3, -0.25) is 0 Å². The first-order valence-corrected chi connectivity index (χ1v) is 2.84. The van der Waals surface area contributed by atoms with Gasteiger partial charge in [-0.15, -0.1) is 0 Å². The average molecular weight is 194 g/mol. The number of hydrogen-bond acceptors (Lipinski definition) is 4. The molecule has 0 atom stereocenters. The van der Waals surface area contributed by atoms with E-state index in [2.05, 4.69) is 25.3 Å². The van der Waals surface area contributed by atoms with E-state index in [0.717, 1.165) is 0 Å². The Morgan fingerprint density at radius 2 is 1.10 bits per heavy atom. The van der Waals surface area contributed by atoms with Gasteiger partial charge in [0.15, 0.2) is 0 Å². The summed E-state index contributed by atoms with van der Waals surface area (Å²) in [5, 5.41) is -0.800. The molecule has 0 fully saturated rings. The van der Waals surface area contributed by atoms with Gasteiger partial charge in [-0.05, 0) is 12.8 Å². The summed E-state index contributed by atoms with van der Waals surface area (Å²) in [4.78, 5) is 19.9. The van der Waals surface area contributed by atoms with Crippen LogP contribution < -0.4 is 59.1 Å². The standard InChI is InChI=1S/C4H6O2S2.2Na/c5-3(7)1-2-4(6)8;;/h1-2H2,(H,5,7)(H,6,8);;/q;2*+1/p-2. The Labute approximate surface area is 115 Å². The zero-order chi connectivity index (χ0) is 6.57. The summed E-state index contributed by atoms with van der Waals surface area (Å²) in [6, 6.07) is 0. The first-order valence-electron chi connectivity index (χ1n) is 2.02. The van der Waals surface area contributed by atoms with Crippen molar-refractivity contribution in [3.63, 3.8) is 0 Å². The topological polar surface area (TPSA) is 34.1 Å². The second kappa shape index (κ2) is 10.8. The zero-order valence-corrected chi connectivity index (χ0v) is 11.7. The minimum Gasteiger partial charge on any atom is -0.742 e. The zero-order valence-electron chi connectivity index (χ0n) is 6.05. The van der Waals surface area contributed by atoms with Gasteiger partial charge in [0.1, 0.15) is 0 Å². The van der Waals surface area contributed by atoms with Crippen molar-refractivity contribution in [2.24, 2.45) is 0 Å². The molecule has 0 saturated heterocycles. The number of rotatable bonds is 3. The van der Waals surface area contributed by atoms with Crippen molar-refractivity contribution < 1.29 is 68.7 Å². The largest absolute Gasteiger partial charge is 1.00 e. The van der Waals surface area contributed by atoms with Gasteiger partial charge in [-0.25, -0.2) is 0 Å². The average Bonchev–Trinajstić information content (AvgIpc) is 1.61. The Morgan fingerprint density at radius 3 is 1.20 bits per heavy atom. The first-order chi connectivity index (χ1) is 3.63. The minimum atomic E-state index is -0.400. The Kier molecular flexibility index (Phi) is 19.1. The molecule has 0 aromatic rings. The smallest absolute Gasteiger partial charge is 0.742 e. The molecule has 0 saturated carbocycles. The van der Waals surface area contributed by atoms with Crippen LogP contribution in [0.25, 0.3) is 0 Å². The Morgan fingerprint density at radius 1 is 0.900 bits per heavy atom. The Hall–Kier alpha value is 1.78. The molecular formula is C4H4Na2O2S2. The minimum absolute atomic E-state index is 0. The summed E-state index contributed by atoms with van der Waals surface area (Å²) in [5.74, 6) is 0. The molecule has 0 spiro atoms. The van der Waals surface area contributed by atoms with Gasteiger partial charge >= 0.3 is 59.1 Å². The fourth-order valence-electron chi connectivity index (χ4n) is 0.204. The monoisotopic (exact) mass is 194 g/mol. The van der Waals surface area contributed by atoms with Crippen molar-refractivity contribution >= 4 is 35.5 Å². The maximum atomic E-state index is 9.96. The second-order valence-corrected chi connectivity index (χ2v) is 2.15. The molecule has 0 aromatic carbocycles. The predicted molar refractivity (Wildman–Crippen MR) is 34.0 cm³/mol. The van der Waals surface area contributed by atoms with Crippen molar-refractivity contribution in [2.45, 2.75) is 12.8 Å². The molecule has 0 aliphatic rings. The van der Waals surface area contributed by atoms with Crippen molar-refractivity contribution in [2.75, 3.05) is 0 Å². The van der Waals surface area contributed by atoms with Crippen LogP contribution >= 0.6 is 0 Å². The van der Waals surface area contributed by atoms with E-state index in [1.54, 1.807) is 0 Å². The Bertz CT molecular complexity index is 104. The van der Waals surface area contributed by atoms with Crippen molar-refractivity contribution in [3.8, 4) is 0 Å². The predicted octanol–water partition coefficient (Wildman–Crippen LogP) is -6.08. The van der Waals surface area contributed by atoms with Gasteiger partial charge in [0.05, 0.1) is 0 Å². The third kappa shape index (κ3) is 16.4. The van der Waals surface area contributed by atoms with Gasteiger partial charge in [-0.1, -0.05) is 0 Å². The molecule has 0 heterocycles. The van der Waals surface area contributed by atoms with Crippen LogP contribution in [0.4, 0.5) is 0 Å². The van der Waals surface area contributed by atoms with Crippen molar-refractivity contribution in [1.29, 1.82) is 0 Å². The molecule has 0 unspecified atom stereocenters. The van der Waals surface area contributed by atoms with Crippen LogP contribution in [0.2, 0.25) is 0 Å². The molecular weight excluding hydrogens is 190 g/mol. The van der Waals surface area contributed by atoms with E-state index in [-0.39, 0.29) is 72.0 Å². The van der Waals surface area contributed by atoms with E-state index in [1.165, 1.54) is 0 Å². The molecule has 10 heavy (non-hydrogen) atoms. The van der Waals surface area contributed by atoms with E-state index in [0.29, 0.717) is 0 Å². The molecule has 0 aliphatic carbocycles. The molecule has 2 nitrogen and oxygen atoms in total. The molecule has 0 amide bonds. The third-order valence-corrected chi connectivity index (χ3v) is 0.941.